The minimum atomic E-state index is 0.324. The molecule has 2 aromatic heterocycles. The predicted octanol–water partition coefficient (Wildman–Crippen LogP) is 3.43. The third-order valence-electron chi connectivity index (χ3n) is 4.34. The highest BCUT2D eigenvalue weighted by Crippen LogP contribution is 2.31. The van der Waals surface area contributed by atoms with Gasteiger partial charge in [-0.15, -0.1) is 0 Å². The smallest absolute Gasteiger partial charge is 0.137 e. The average molecular weight is 278 g/mol. The number of nitrogens with zero attached hydrogens (tertiary/aromatic N) is 3. The predicted molar refractivity (Wildman–Crippen MR) is 85.0 cm³/mol. The number of hydrogen-bond donors (Lipinski definition) is 1. The number of fused-ring (bicyclic) bond motifs is 1. The number of aromatic amines is 1. The lowest BCUT2D eigenvalue weighted by atomic mass is 9.96. The number of aromatic nitrogens is 2. The van der Waals surface area contributed by atoms with Crippen LogP contribution in [0.5, 0.6) is 0 Å². The van der Waals surface area contributed by atoms with E-state index in [1.807, 2.05) is 12.4 Å². The van der Waals surface area contributed by atoms with E-state index >= 15 is 0 Å². The van der Waals surface area contributed by atoms with Crippen molar-refractivity contribution in [2.45, 2.75) is 19.3 Å². The van der Waals surface area contributed by atoms with Gasteiger partial charge in [0.05, 0.1) is 6.54 Å². The van der Waals surface area contributed by atoms with Crippen LogP contribution in [0, 0.1) is 5.92 Å². The minimum Gasteiger partial charge on any atom is -0.346 e. The molecule has 106 valence electrons. The van der Waals surface area contributed by atoms with Crippen molar-refractivity contribution in [3.63, 3.8) is 0 Å². The van der Waals surface area contributed by atoms with Gasteiger partial charge in [0.15, 0.2) is 0 Å². The first kappa shape index (κ1) is 12.4. The summed E-state index contributed by atoms with van der Waals surface area (Å²) < 4.78 is 0. The molecule has 4 heteroatoms. The Morgan fingerprint density at radius 1 is 1.33 bits per heavy atom. The molecule has 0 radical (unpaired) electrons. The second kappa shape index (κ2) is 4.88. The van der Waals surface area contributed by atoms with Gasteiger partial charge in [0, 0.05) is 41.5 Å². The van der Waals surface area contributed by atoms with Gasteiger partial charge in [-0.25, -0.2) is 4.98 Å². The van der Waals surface area contributed by atoms with Crippen LogP contribution in [0.2, 0.25) is 0 Å². The number of hydrogen-bond acceptors (Lipinski definition) is 3. The summed E-state index contributed by atoms with van der Waals surface area (Å²) in [5, 5.41) is 7.98. The van der Waals surface area contributed by atoms with Crippen molar-refractivity contribution in [1.29, 1.82) is 0 Å². The Balaban J connectivity index is 1.62. The van der Waals surface area contributed by atoms with Gasteiger partial charge in [0.2, 0.25) is 0 Å². The highest BCUT2D eigenvalue weighted by Gasteiger charge is 2.26. The van der Waals surface area contributed by atoms with E-state index in [4.69, 9.17) is 0 Å². The molecule has 1 aliphatic heterocycles. The van der Waals surface area contributed by atoms with Crippen LogP contribution >= 0.6 is 0 Å². The summed E-state index contributed by atoms with van der Waals surface area (Å²) >= 11 is 0. The molecular formula is C17H18N4. The van der Waals surface area contributed by atoms with Crippen molar-refractivity contribution >= 4 is 17.2 Å². The summed E-state index contributed by atoms with van der Waals surface area (Å²) in [5.74, 6) is 0.862. The molecular weight excluding hydrogens is 260 g/mol. The average Bonchev–Trinajstić information content (AvgIpc) is 3.16. The number of pyridine rings is 1. The molecule has 21 heavy (non-hydrogen) atoms. The van der Waals surface area contributed by atoms with Gasteiger partial charge in [-0.1, -0.05) is 19.1 Å². The van der Waals surface area contributed by atoms with Gasteiger partial charge >= 0.3 is 0 Å². The lowest BCUT2D eigenvalue weighted by Crippen LogP contribution is -2.22. The molecule has 2 aromatic rings. The van der Waals surface area contributed by atoms with E-state index in [1.165, 1.54) is 16.6 Å². The largest absolute Gasteiger partial charge is 0.346 e. The molecule has 4 nitrogen and oxygen atoms in total. The number of hydrazone groups is 1. The van der Waals surface area contributed by atoms with Crippen molar-refractivity contribution in [2.24, 2.45) is 11.0 Å². The molecule has 0 aromatic carbocycles. The fraction of sp³-hybridized carbons (Fsp3) is 0.294. The Kier molecular flexibility index (Phi) is 2.88. The van der Waals surface area contributed by atoms with Gasteiger partial charge < -0.3 is 4.98 Å². The molecule has 2 unspecified atom stereocenters. The lowest BCUT2D eigenvalue weighted by Gasteiger charge is -2.25. The zero-order valence-electron chi connectivity index (χ0n) is 12.0. The third kappa shape index (κ3) is 2.07. The summed E-state index contributed by atoms with van der Waals surface area (Å²) in [5.41, 5.74) is 3.57. The van der Waals surface area contributed by atoms with Crippen molar-refractivity contribution in [3.05, 3.63) is 54.0 Å². The van der Waals surface area contributed by atoms with E-state index < -0.39 is 0 Å². The standard InChI is InChI=1S/C17H18N4/c1-12-4-2-3-5-16(12)21-11-13(10-20-21)14-6-8-18-17-15(14)7-9-19-17/h2-3,5-10,12-13H,4,11H2,1H3,(H,18,19). The topological polar surface area (TPSA) is 44.3 Å². The summed E-state index contributed by atoms with van der Waals surface area (Å²) in [4.78, 5) is 7.54. The molecule has 2 atom stereocenters. The van der Waals surface area contributed by atoms with Crippen LogP contribution in [0.1, 0.15) is 24.8 Å². The SMILES string of the molecule is CC1CC=CC=C1N1CC(c2ccnc3[nH]ccc23)C=N1. The first-order valence-electron chi connectivity index (χ1n) is 7.43. The third-order valence-corrected chi connectivity index (χ3v) is 4.34. The highest BCUT2D eigenvalue weighted by molar-refractivity contribution is 5.85. The van der Waals surface area contributed by atoms with Crippen molar-refractivity contribution in [3.8, 4) is 0 Å². The summed E-state index contributed by atoms with van der Waals surface area (Å²) in [6.45, 7) is 3.17. The highest BCUT2D eigenvalue weighted by atomic mass is 15.5. The Bertz CT molecular complexity index is 753. The Morgan fingerprint density at radius 2 is 2.29 bits per heavy atom. The van der Waals surface area contributed by atoms with Crippen LogP contribution in [0.25, 0.3) is 11.0 Å². The minimum absolute atomic E-state index is 0.324. The molecule has 2 aliphatic rings. The number of H-pyrrole nitrogens is 1. The van der Waals surface area contributed by atoms with Gasteiger partial charge in [-0.3, -0.25) is 5.01 Å². The number of nitrogens with one attached hydrogen (secondary N) is 1. The Morgan fingerprint density at radius 3 is 3.19 bits per heavy atom. The number of rotatable bonds is 2. The molecule has 0 amide bonds. The fourth-order valence-corrected chi connectivity index (χ4v) is 3.17. The summed E-state index contributed by atoms with van der Waals surface area (Å²) in [7, 11) is 0. The molecule has 3 heterocycles. The monoisotopic (exact) mass is 278 g/mol. The van der Waals surface area contributed by atoms with Crippen molar-refractivity contribution in [1.82, 2.24) is 15.0 Å². The van der Waals surface area contributed by atoms with E-state index in [1.54, 1.807) is 0 Å². The van der Waals surface area contributed by atoms with Crippen LogP contribution in [0.15, 0.2) is 53.6 Å². The second-order valence-electron chi connectivity index (χ2n) is 5.75. The molecule has 4 rings (SSSR count). The molecule has 1 aliphatic carbocycles. The Labute approximate surface area is 123 Å². The van der Waals surface area contributed by atoms with Gasteiger partial charge in [-0.05, 0) is 30.2 Å². The quantitative estimate of drug-likeness (QED) is 0.914. The zero-order chi connectivity index (χ0) is 14.2. The molecule has 1 N–H and O–H groups in total. The molecule has 0 bridgehead atoms. The fourth-order valence-electron chi connectivity index (χ4n) is 3.17. The molecule has 0 spiro atoms. The van der Waals surface area contributed by atoms with E-state index in [-0.39, 0.29) is 0 Å². The van der Waals surface area contributed by atoms with Crippen molar-refractivity contribution in [2.75, 3.05) is 6.54 Å². The maximum atomic E-state index is 4.63. The van der Waals surface area contributed by atoms with Crippen LogP contribution in [0.3, 0.4) is 0 Å². The molecule has 0 saturated carbocycles. The van der Waals surface area contributed by atoms with Crippen LogP contribution < -0.4 is 0 Å². The normalized spacial score (nSPS) is 24.8. The van der Waals surface area contributed by atoms with Crippen LogP contribution in [-0.4, -0.2) is 27.7 Å². The van der Waals surface area contributed by atoms with Crippen LogP contribution in [-0.2, 0) is 0 Å². The number of allylic oxidation sites excluding steroid dienone is 4. The van der Waals surface area contributed by atoms with Gasteiger partial charge in [0.1, 0.15) is 5.65 Å². The van der Waals surface area contributed by atoms with E-state index in [9.17, 15) is 0 Å². The van der Waals surface area contributed by atoms with Crippen LogP contribution in [0.4, 0.5) is 0 Å². The lowest BCUT2D eigenvalue weighted by molar-refractivity contribution is 0.341. The van der Waals surface area contributed by atoms with Crippen molar-refractivity contribution < 1.29 is 0 Å². The maximum Gasteiger partial charge on any atom is 0.137 e. The first-order chi connectivity index (χ1) is 10.3. The first-order valence-corrected chi connectivity index (χ1v) is 7.43. The molecule has 0 saturated heterocycles. The van der Waals surface area contributed by atoms with Gasteiger partial charge in [-0.2, -0.15) is 5.10 Å². The Hall–Kier alpha value is -2.36. The van der Waals surface area contributed by atoms with Gasteiger partial charge in [0.25, 0.3) is 0 Å². The van der Waals surface area contributed by atoms with E-state index in [0.717, 1.165) is 18.6 Å². The molecule has 0 fully saturated rings. The van der Waals surface area contributed by atoms with E-state index in [2.05, 4.69) is 63.6 Å². The maximum absolute atomic E-state index is 4.63. The van der Waals surface area contributed by atoms with E-state index in [0.29, 0.717) is 11.8 Å². The summed E-state index contributed by atoms with van der Waals surface area (Å²) in [6, 6.07) is 4.20. The second-order valence-corrected chi connectivity index (χ2v) is 5.75. The summed E-state index contributed by atoms with van der Waals surface area (Å²) in [6.07, 6.45) is 13.5. The zero-order valence-corrected chi connectivity index (χ0v) is 12.0.